The predicted octanol–water partition coefficient (Wildman–Crippen LogP) is 4.15. The molecule has 1 saturated heterocycles. The van der Waals surface area contributed by atoms with Crippen LogP contribution in [0.2, 0.25) is 0 Å². The molecule has 32 heavy (non-hydrogen) atoms. The summed E-state index contributed by atoms with van der Waals surface area (Å²) < 4.78 is 11.1. The fraction of sp³-hybridized carbons (Fsp3) is 0.333. The SMILES string of the molecule is C#C[C@@H](OC(=O)[C@H]1CC=C[C@H]2CCN(Cc3ccccc3)C(=O)[C@@H]12)c1ccccc1OC. The number of likely N-dealkylation sites (tertiary alicyclic amines) is 1. The van der Waals surface area contributed by atoms with Crippen molar-refractivity contribution in [1.82, 2.24) is 4.90 Å². The number of rotatable bonds is 6. The van der Waals surface area contributed by atoms with Crippen LogP contribution in [0.4, 0.5) is 0 Å². The minimum absolute atomic E-state index is 0.00551. The van der Waals surface area contributed by atoms with Gasteiger partial charge >= 0.3 is 5.97 Å². The van der Waals surface area contributed by atoms with Crippen molar-refractivity contribution in [3.05, 3.63) is 77.9 Å². The molecule has 164 valence electrons. The first-order chi connectivity index (χ1) is 15.6. The fourth-order valence-corrected chi connectivity index (χ4v) is 4.70. The molecular weight excluding hydrogens is 402 g/mol. The van der Waals surface area contributed by atoms with Crippen LogP contribution < -0.4 is 4.74 Å². The molecule has 5 nitrogen and oxygen atoms in total. The van der Waals surface area contributed by atoms with E-state index in [0.29, 0.717) is 30.8 Å². The van der Waals surface area contributed by atoms with Gasteiger partial charge < -0.3 is 14.4 Å². The first-order valence-corrected chi connectivity index (χ1v) is 10.9. The Kier molecular flexibility index (Phi) is 6.61. The second-order valence-corrected chi connectivity index (χ2v) is 8.22. The Morgan fingerprint density at radius 2 is 1.94 bits per heavy atom. The Balaban J connectivity index is 1.52. The Bertz CT molecular complexity index is 1040. The maximum Gasteiger partial charge on any atom is 0.311 e. The molecule has 2 aromatic carbocycles. The molecule has 1 fully saturated rings. The van der Waals surface area contributed by atoms with E-state index in [9.17, 15) is 9.59 Å². The maximum absolute atomic E-state index is 13.4. The lowest BCUT2D eigenvalue weighted by atomic mass is 9.71. The number of allylic oxidation sites excluding steroid dienone is 2. The van der Waals surface area contributed by atoms with E-state index in [1.807, 2.05) is 53.4 Å². The summed E-state index contributed by atoms with van der Waals surface area (Å²) >= 11 is 0. The first kappa shape index (κ1) is 21.7. The minimum Gasteiger partial charge on any atom is -0.496 e. The molecule has 4 rings (SSSR count). The lowest BCUT2D eigenvalue weighted by Crippen LogP contribution is -2.50. The lowest BCUT2D eigenvalue weighted by Gasteiger charge is -2.41. The van der Waals surface area contributed by atoms with Gasteiger partial charge in [-0.15, -0.1) is 6.42 Å². The van der Waals surface area contributed by atoms with E-state index in [4.69, 9.17) is 15.9 Å². The van der Waals surface area contributed by atoms with E-state index < -0.39 is 23.9 Å². The van der Waals surface area contributed by atoms with Crippen LogP contribution in [-0.4, -0.2) is 30.4 Å². The number of nitrogens with zero attached hydrogens (tertiary/aromatic N) is 1. The summed E-state index contributed by atoms with van der Waals surface area (Å²) in [6.45, 7) is 1.22. The molecule has 0 spiro atoms. The van der Waals surface area contributed by atoms with Gasteiger partial charge in [0.15, 0.2) is 6.10 Å². The maximum atomic E-state index is 13.4. The molecule has 4 atom stereocenters. The monoisotopic (exact) mass is 429 g/mol. The summed E-state index contributed by atoms with van der Waals surface area (Å²) in [6.07, 6.45) is 10.2. The van der Waals surface area contributed by atoms with Crippen molar-refractivity contribution in [3.8, 4) is 18.1 Å². The molecule has 1 amide bonds. The zero-order valence-corrected chi connectivity index (χ0v) is 18.1. The topological polar surface area (TPSA) is 55.8 Å². The van der Waals surface area contributed by atoms with Crippen molar-refractivity contribution in [2.24, 2.45) is 17.8 Å². The second kappa shape index (κ2) is 9.74. The van der Waals surface area contributed by atoms with Crippen LogP contribution in [0.3, 0.4) is 0 Å². The Hall–Kier alpha value is -3.52. The van der Waals surface area contributed by atoms with Gasteiger partial charge in [0, 0.05) is 18.7 Å². The van der Waals surface area contributed by atoms with Gasteiger partial charge in [0.2, 0.25) is 5.91 Å². The van der Waals surface area contributed by atoms with Gasteiger partial charge in [0.05, 0.1) is 18.9 Å². The van der Waals surface area contributed by atoms with E-state index in [1.54, 1.807) is 19.2 Å². The van der Waals surface area contributed by atoms with E-state index >= 15 is 0 Å². The highest BCUT2D eigenvalue weighted by Gasteiger charge is 2.45. The van der Waals surface area contributed by atoms with Crippen LogP contribution in [-0.2, 0) is 20.9 Å². The van der Waals surface area contributed by atoms with Gasteiger partial charge in [-0.3, -0.25) is 9.59 Å². The quantitative estimate of drug-likeness (QED) is 0.393. The summed E-state index contributed by atoms with van der Waals surface area (Å²) in [4.78, 5) is 28.5. The number of hydrogen-bond donors (Lipinski definition) is 0. The number of hydrogen-bond acceptors (Lipinski definition) is 4. The van der Waals surface area contributed by atoms with Gasteiger partial charge in [-0.05, 0) is 30.4 Å². The molecule has 0 radical (unpaired) electrons. The largest absolute Gasteiger partial charge is 0.496 e. The van der Waals surface area contributed by atoms with E-state index in [1.165, 1.54) is 0 Å². The van der Waals surface area contributed by atoms with Crippen LogP contribution in [0.5, 0.6) is 5.75 Å². The number of carbonyl (C=O) groups is 2. The molecule has 0 aromatic heterocycles. The number of benzene rings is 2. The zero-order valence-electron chi connectivity index (χ0n) is 18.1. The molecular formula is C27H27NO4. The molecule has 0 N–H and O–H groups in total. The Morgan fingerprint density at radius 3 is 2.69 bits per heavy atom. The predicted molar refractivity (Wildman–Crippen MR) is 121 cm³/mol. The van der Waals surface area contributed by atoms with Gasteiger partial charge in [0.25, 0.3) is 0 Å². The third-order valence-corrected chi connectivity index (χ3v) is 6.32. The van der Waals surface area contributed by atoms with Crippen molar-refractivity contribution in [2.75, 3.05) is 13.7 Å². The summed E-state index contributed by atoms with van der Waals surface area (Å²) in [6, 6.07) is 17.1. The molecule has 2 aromatic rings. The van der Waals surface area contributed by atoms with Gasteiger partial charge in [0.1, 0.15) is 5.75 Å². The Morgan fingerprint density at radius 1 is 1.19 bits per heavy atom. The number of piperidine rings is 1. The van der Waals surface area contributed by atoms with Crippen molar-refractivity contribution in [1.29, 1.82) is 0 Å². The van der Waals surface area contributed by atoms with Gasteiger partial charge in [-0.2, -0.15) is 0 Å². The van der Waals surface area contributed by atoms with E-state index in [-0.39, 0.29) is 11.8 Å². The van der Waals surface area contributed by atoms with Crippen molar-refractivity contribution >= 4 is 11.9 Å². The summed E-state index contributed by atoms with van der Waals surface area (Å²) in [7, 11) is 1.55. The van der Waals surface area contributed by atoms with Crippen molar-refractivity contribution in [3.63, 3.8) is 0 Å². The third-order valence-electron chi connectivity index (χ3n) is 6.32. The number of ether oxygens (including phenoxy) is 2. The minimum atomic E-state index is -0.873. The standard InChI is InChI=1S/C27H27NO4/c1-3-23(21-13-7-8-15-24(21)31-2)32-27(30)22-14-9-12-20-16-17-28(26(29)25(20)22)18-19-10-5-4-6-11-19/h1,4-13,15,20,22-23,25H,14,16-18H2,2H3/t20-,22-,23+,25+/m0/s1. The van der Waals surface area contributed by atoms with Crippen LogP contribution in [0.1, 0.15) is 30.1 Å². The molecule has 1 aliphatic heterocycles. The normalized spacial score (nSPS) is 23.1. The smallest absolute Gasteiger partial charge is 0.311 e. The van der Waals surface area contributed by atoms with E-state index in [2.05, 4.69) is 12.0 Å². The summed E-state index contributed by atoms with van der Waals surface area (Å²) in [5.41, 5.74) is 1.70. The average Bonchev–Trinajstić information content (AvgIpc) is 2.84. The molecule has 1 aliphatic carbocycles. The van der Waals surface area contributed by atoms with Crippen molar-refractivity contribution < 1.29 is 19.1 Å². The van der Waals surface area contributed by atoms with E-state index in [0.717, 1.165) is 12.0 Å². The molecule has 0 unspecified atom stereocenters. The van der Waals surface area contributed by atoms with Crippen LogP contribution in [0.25, 0.3) is 0 Å². The second-order valence-electron chi connectivity index (χ2n) is 8.22. The summed E-state index contributed by atoms with van der Waals surface area (Å²) in [5.74, 6) is 1.74. The van der Waals surface area contributed by atoms with Crippen LogP contribution in [0.15, 0.2) is 66.7 Å². The average molecular weight is 430 g/mol. The van der Waals surface area contributed by atoms with Crippen LogP contribution >= 0.6 is 0 Å². The fourth-order valence-electron chi connectivity index (χ4n) is 4.70. The Labute approximate surface area is 189 Å². The molecule has 1 heterocycles. The number of carbonyl (C=O) groups excluding carboxylic acids is 2. The number of para-hydroxylation sites is 1. The zero-order chi connectivity index (χ0) is 22.5. The molecule has 2 aliphatic rings. The van der Waals surface area contributed by atoms with Gasteiger partial charge in [-0.25, -0.2) is 0 Å². The van der Waals surface area contributed by atoms with Gasteiger partial charge in [-0.1, -0.05) is 66.6 Å². The highest BCUT2D eigenvalue weighted by atomic mass is 16.5. The summed E-state index contributed by atoms with van der Waals surface area (Å²) in [5, 5.41) is 0. The van der Waals surface area contributed by atoms with Crippen LogP contribution in [0, 0.1) is 30.1 Å². The molecule has 5 heteroatoms. The third kappa shape index (κ3) is 4.40. The number of amides is 1. The lowest BCUT2D eigenvalue weighted by molar-refractivity contribution is -0.161. The number of fused-ring (bicyclic) bond motifs is 1. The number of esters is 1. The number of methoxy groups -OCH3 is 1. The highest BCUT2D eigenvalue weighted by molar-refractivity contribution is 5.87. The number of terminal acetylenes is 1. The first-order valence-electron chi connectivity index (χ1n) is 10.9. The molecule has 0 saturated carbocycles. The van der Waals surface area contributed by atoms with Crippen molar-refractivity contribution in [2.45, 2.75) is 25.5 Å². The highest BCUT2D eigenvalue weighted by Crippen LogP contribution is 2.39. The molecule has 0 bridgehead atoms.